The summed E-state index contributed by atoms with van der Waals surface area (Å²) in [6.07, 6.45) is 0. The standard InChI is InChI=1S/2Na.H2O4S/c;;1-5(2,3)4/h;;(H2,1,2,3,4)/q2*+1;/p+1. The molecule has 0 spiro atoms. The second-order valence-electron chi connectivity index (χ2n) is 0.448. The normalized spacial score (nSPS) is 8.29. The van der Waals surface area contributed by atoms with Crippen LogP contribution in [0, 0.1) is 0 Å². The average molecular weight is 145 g/mol. The van der Waals surface area contributed by atoms with Crippen LogP contribution < -0.4 is 59.1 Å². The van der Waals surface area contributed by atoms with E-state index in [4.69, 9.17) is 17.5 Å². The van der Waals surface area contributed by atoms with E-state index in [-0.39, 0.29) is 60.5 Å². The van der Waals surface area contributed by atoms with E-state index in [0.717, 1.165) is 0 Å². The molecule has 0 heterocycles. The number of rotatable bonds is 0. The van der Waals surface area contributed by atoms with Crippen molar-refractivity contribution in [1.29, 1.82) is 0 Å². The molecule has 2 N–H and O–H groups in total. The maximum atomic E-state index is 8.74. The maximum Gasteiger partial charge on any atom is 1.00 e. The van der Waals surface area contributed by atoms with Gasteiger partial charge in [0.15, 0.2) is 0 Å². The minimum absolute atomic E-state index is 0. The van der Waals surface area contributed by atoms with Gasteiger partial charge in [0.2, 0.25) is 0 Å². The molecule has 7 heteroatoms. The van der Waals surface area contributed by atoms with Gasteiger partial charge in [0.25, 0.3) is 0 Å². The van der Waals surface area contributed by atoms with Gasteiger partial charge in [-0.15, -0.1) is 0 Å². The molecule has 0 rings (SSSR count). The molecular weight excluding hydrogens is 142 g/mol. The molecule has 0 saturated heterocycles. The molecule has 0 amide bonds. The summed E-state index contributed by atoms with van der Waals surface area (Å²) in [5, 5.41) is 0. The van der Waals surface area contributed by atoms with Gasteiger partial charge in [0.05, 0.1) is 0 Å². The fourth-order valence-electron chi connectivity index (χ4n) is 0. The molecule has 0 aromatic carbocycles. The molecule has 0 aliphatic heterocycles. The average Bonchev–Trinajstić information content (AvgIpc) is 0.722. The van der Waals surface area contributed by atoms with Gasteiger partial charge in [0.1, 0.15) is 0 Å². The first-order chi connectivity index (χ1) is 2.00. The third-order valence-corrected chi connectivity index (χ3v) is 0. The Morgan fingerprint density at radius 1 is 1.14 bits per heavy atom. The Bertz CT molecular complexity index is 97.2. The van der Waals surface area contributed by atoms with Crippen molar-refractivity contribution in [2.45, 2.75) is 0 Å². The van der Waals surface area contributed by atoms with Gasteiger partial charge in [-0.25, -0.2) is 0 Å². The van der Waals surface area contributed by atoms with E-state index in [1.54, 1.807) is 0 Å². The van der Waals surface area contributed by atoms with Crippen molar-refractivity contribution in [1.82, 2.24) is 0 Å². The van der Waals surface area contributed by atoms with Crippen LogP contribution in [0.4, 0.5) is 0 Å². The minimum Gasteiger partial charge on any atom is -0.264 e. The third kappa shape index (κ3) is 77.5. The number of hydrogen-bond acceptors (Lipinski definition) is 2. The van der Waals surface area contributed by atoms with Crippen LogP contribution in [0.2, 0.25) is 0 Å². The Labute approximate surface area is 87.3 Å². The molecule has 0 atom stereocenters. The summed E-state index contributed by atoms with van der Waals surface area (Å²) >= 11 is 0. The summed E-state index contributed by atoms with van der Waals surface area (Å²) in [5.74, 6) is 0. The van der Waals surface area contributed by atoms with E-state index in [9.17, 15) is 0 Å². The Balaban J connectivity index is -0.0000000267. The van der Waals surface area contributed by atoms with Crippen LogP contribution in [0.5, 0.6) is 0 Å². The van der Waals surface area contributed by atoms with Crippen molar-refractivity contribution < 1.29 is 78.1 Å². The largest absolute Gasteiger partial charge is 1.00 e. The molecule has 0 aliphatic carbocycles. The molecule has 0 unspecified atom stereocenters. The van der Waals surface area contributed by atoms with E-state index < -0.39 is 10.4 Å². The zero-order valence-corrected chi connectivity index (χ0v) is 8.94. The molecule has 0 fully saturated rings. The van der Waals surface area contributed by atoms with Crippen molar-refractivity contribution in [3.63, 3.8) is 0 Å². The first kappa shape index (κ1) is 15.9. The molecule has 32 valence electrons. The quantitative estimate of drug-likeness (QED) is 0.262. The predicted octanol–water partition coefficient (Wildman–Crippen LogP) is -6.53. The smallest absolute Gasteiger partial charge is 0.264 e. The molecule has 4 nitrogen and oxygen atoms in total. The van der Waals surface area contributed by atoms with Gasteiger partial charge in [0, 0.05) is 0 Å². The van der Waals surface area contributed by atoms with Gasteiger partial charge < -0.3 is 0 Å². The van der Waals surface area contributed by atoms with E-state index in [1.807, 2.05) is 0 Å². The zero-order chi connectivity index (χ0) is 4.50. The summed E-state index contributed by atoms with van der Waals surface area (Å²) in [6, 6.07) is 0. The van der Waals surface area contributed by atoms with Crippen molar-refractivity contribution >= 4 is 10.4 Å². The molecular formula is H3Na2O4S+3. The van der Waals surface area contributed by atoms with Gasteiger partial charge in [-0.05, 0) is 0 Å². The zero-order valence-electron chi connectivity index (χ0n) is 5.12. The van der Waals surface area contributed by atoms with E-state index in [2.05, 4.69) is 0 Å². The molecule has 0 aromatic heterocycles. The molecule has 0 saturated carbocycles. The van der Waals surface area contributed by atoms with Crippen LogP contribution in [0.3, 0.4) is 0 Å². The van der Waals surface area contributed by atoms with E-state index in [1.165, 1.54) is 0 Å². The molecule has 0 radical (unpaired) electrons. The molecule has 7 heavy (non-hydrogen) atoms. The SMILES string of the molecule is O=S(=O)(O)O.[H+].[Na+].[Na+]. The first-order valence-electron chi connectivity index (χ1n) is 0.698. The van der Waals surface area contributed by atoms with Crippen LogP contribution in [-0.4, -0.2) is 17.5 Å². The summed E-state index contributed by atoms with van der Waals surface area (Å²) in [4.78, 5) is 0. The Morgan fingerprint density at radius 3 is 1.14 bits per heavy atom. The minimum atomic E-state index is -4.67. The summed E-state index contributed by atoms with van der Waals surface area (Å²) < 4.78 is 31.6. The third-order valence-electron chi connectivity index (χ3n) is 0. The summed E-state index contributed by atoms with van der Waals surface area (Å²) in [7, 11) is -4.67. The van der Waals surface area contributed by atoms with Crippen LogP contribution in [0.25, 0.3) is 0 Å². The number of hydrogen-bond donors (Lipinski definition) is 2. The van der Waals surface area contributed by atoms with E-state index in [0.29, 0.717) is 0 Å². The van der Waals surface area contributed by atoms with Gasteiger partial charge in [-0.2, -0.15) is 8.42 Å². The van der Waals surface area contributed by atoms with Crippen molar-refractivity contribution in [3.8, 4) is 0 Å². The Kier molecular flexibility index (Phi) is 13.7. The predicted molar refractivity (Wildman–Crippen MR) is 15.3 cm³/mol. The summed E-state index contributed by atoms with van der Waals surface area (Å²) in [6.45, 7) is 0. The molecule has 0 bridgehead atoms. The Morgan fingerprint density at radius 2 is 1.14 bits per heavy atom. The summed E-state index contributed by atoms with van der Waals surface area (Å²) in [5.41, 5.74) is 0. The van der Waals surface area contributed by atoms with Crippen molar-refractivity contribution in [2.24, 2.45) is 0 Å². The second-order valence-corrected chi connectivity index (χ2v) is 1.34. The molecule has 0 aromatic rings. The van der Waals surface area contributed by atoms with Gasteiger partial charge in [-0.3, -0.25) is 9.11 Å². The van der Waals surface area contributed by atoms with Crippen molar-refractivity contribution in [2.75, 3.05) is 0 Å². The Hall–Kier alpha value is 1.87. The first-order valence-corrected chi connectivity index (χ1v) is 2.10. The van der Waals surface area contributed by atoms with Crippen molar-refractivity contribution in [3.05, 3.63) is 0 Å². The van der Waals surface area contributed by atoms with Crippen LogP contribution in [-0.2, 0) is 10.4 Å². The van der Waals surface area contributed by atoms with E-state index >= 15 is 0 Å². The van der Waals surface area contributed by atoms with Crippen LogP contribution in [0.15, 0.2) is 0 Å². The fourth-order valence-corrected chi connectivity index (χ4v) is 0. The van der Waals surface area contributed by atoms with Gasteiger partial charge in [-0.1, -0.05) is 0 Å². The van der Waals surface area contributed by atoms with Gasteiger partial charge >= 0.3 is 70.9 Å². The maximum absolute atomic E-state index is 8.74. The second kappa shape index (κ2) is 6.00. The van der Waals surface area contributed by atoms with Crippen LogP contribution in [0.1, 0.15) is 1.43 Å². The monoisotopic (exact) mass is 145 g/mol. The molecule has 0 aliphatic rings. The fraction of sp³-hybridized carbons (Fsp3) is 0. The van der Waals surface area contributed by atoms with Crippen LogP contribution >= 0.6 is 0 Å². The topological polar surface area (TPSA) is 74.6 Å².